The van der Waals surface area contributed by atoms with Crippen molar-refractivity contribution >= 4 is 28.3 Å². The Kier molecular flexibility index (Phi) is 3.88. The summed E-state index contributed by atoms with van der Waals surface area (Å²) in [5, 5.41) is 9.66. The van der Waals surface area contributed by atoms with E-state index in [-0.39, 0.29) is 11.8 Å². The van der Waals surface area contributed by atoms with Gasteiger partial charge in [-0.25, -0.2) is 9.78 Å². The van der Waals surface area contributed by atoms with E-state index in [0.717, 1.165) is 12.0 Å². The third-order valence-corrected chi connectivity index (χ3v) is 5.00. The summed E-state index contributed by atoms with van der Waals surface area (Å²) >= 11 is 1.23. The zero-order valence-corrected chi connectivity index (χ0v) is 13.4. The van der Waals surface area contributed by atoms with Crippen molar-refractivity contribution in [2.45, 2.75) is 19.8 Å². The normalized spacial score (nSPS) is 21.6. The van der Waals surface area contributed by atoms with Crippen LogP contribution in [0.3, 0.4) is 0 Å². The van der Waals surface area contributed by atoms with E-state index >= 15 is 0 Å². The summed E-state index contributed by atoms with van der Waals surface area (Å²) < 4.78 is 0. The fraction of sp³-hybridized carbons (Fsp3) is 0.500. The summed E-state index contributed by atoms with van der Waals surface area (Å²) in [4.78, 5) is 35.1. The fourth-order valence-corrected chi connectivity index (χ4v) is 3.76. The molecule has 0 aromatic carbocycles. The van der Waals surface area contributed by atoms with Crippen molar-refractivity contribution in [2.24, 2.45) is 0 Å². The van der Waals surface area contributed by atoms with Gasteiger partial charge in [0, 0.05) is 12.1 Å². The number of aliphatic hydroxyl groups excluding tert-OH is 1. The number of hydrogen-bond donors (Lipinski definition) is 1. The molecule has 0 saturated carbocycles. The molecule has 118 valence electrons. The van der Waals surface area contributed by atoms with Gasteiger partial charge in [-0.15, -0.1) is 0 Å². The second kappa shape index (κ2) is 5.69. The Labute approximate surface area is 132 Å². The van der Waals surface area contributed by atoms with Crippen LogP contribution < -0.4 is 4.90 Å². The van der Waals surface area contributed by atoms with E-state index in [1.807, 2.05) is 18.9 Å². The minimum absolute atomic E-state index is 0.0860. The van der Waals surface area contributed by atoms with Crippen LogP contribution in [0.15, 0.2) is 11.8 Å². The summed E-state index contributed by atoms with van der Waals surface area (Å²) in [6.07, 6.45) is 1.98. The molecule has 1 N–H and O–H groups in total. The van der Waals surface area contributed by atoms with Crippen LogP contribution in [0.25, 0.3) is 0 Å². The molecule has 1 fully saturated rings. The highest BCUT2D eigenvalue weighted by Gasteiger charge is 2.33. The van der Waals surface area contributed by atoms with Gasteiger partial charge >= 0.3 is 6.03 Å². The molecule has 3 rings (SSSR count). The third-order valence-electron chi connectivity index (χ3n) is 3.88. The second-order valence-electron chi connectivity index (χ2n) is 5.46. The molecule has 1 aromatic heterocycles. The number of Topliss-reactive ketones (excluding diaryl/α,β-unsaturated/α-hetero) is 1. The number of urea groups is 1. The van der Waals surface area contributed by atoms with Crippen molar-refractivity contribution in [3.05, 3.63) is 22.4 Å². The van der Waals surface area contributed by atoms with Gasteiger partial charge in [-0.3, -0.25) is 14.6 Å². The molecule has 0 bridgehead atoms. The molecule has 1 aliphatic heterocycles. The first-order chi connectivity index (χ1) is 10.5. The number of ketones is 1. The van der Waals surface area contributed by atoms with Crippen LogP contribution in [0.5, 0.6) is 0 Å². The lowest BCUT2D eigenvalue weighted by atomic mass is 9.97. The van der Waals surface area contributed by atoms with Gasteiger partial charge in [-0.1, -0.05) is 11.3 Å². The number of hydrogen-bond acceptors (Lipinski definition) is 6. The van der Waals surface area contributed by atoms with Gasteiger partial charge in [-0.2, -0.15) is 0 Å². The molecule has 1 saturated heterocycles. The molecule has 2 amide bonds. The standard InChI is InChI=1S/C14H18N4O3S/c1-3-17-7-16(2)8-18(14(17)21)13-15-10-5-4-9(6-19)11(20)12(10)22-13/h6,19H,3-5,7-8H2,1-2H3/b9-6-. The summed E-state index contributed by atoms with van der Waals surface area (Å²) in [6, 6.07) is -0.0860. The van der Waals surface area contributed by atoms with Gasteiger partial charge in [0.15, 0.2) is 5.13 Å². The first kappa shape index (κ1) is 15.0. The van der Waals surface area contributed by atoms with Crippen LogP contribution in [-0.2, 0) is 6.42 Å². The Bertz CT molecular complexity index is 655. The average molecular weight is 322 g/mol. The summed E-state index contributed by atoms with van der Waals surface area (Å²) in [5.74, 6) is -0.183. The van der Waals surface area contributed by atoms with Crippen molar-refractivity contribution in [1.82, 2.24) is 14.8 Å². The molecule has 0 unspecified atom stereocenters. The predicted molar refractivity (Wildman–Crippen MR) is 83.2 cm³/mol. The Morgan fingerprint density at radius 3 is 2.77 bits per heavy atom. The van der Waals surface area contributed by atoms with Crippen molar-refractivity contribution in [1.29, 1.82) is 0 Å². The number of thiazole rings is 1. The average Bonchev–Trinajstić information content (AvgIpc) is 2.94. The molecule has 0 radical (unpaired) electrons. The highest BCUT2D eigenvalue weighted by molar-refractivity contribution is 7.18. The van der Waals surface area contributed by atoms with Crippen molar-refractivity contribution in [2.75, 3.05) is 31.8 Å². The SMILES string of the molecule is CCN1CN(C)CN(c2nc3c(s2)C(=O)/C(=C\O)CC3)C1=O. The number of fused-ring (bicyclic) bond motifs is 1. The summed E-state index contributed by atoms with van der Waals surface area (Å²) in [7, 11) is 1.94. The predicted octanol–water partition coefficient (Wildman–Crippen LogP) is 1.82. The maximum atomic E-state index is 12.5. The molecule has 1 aromatic rings. The van der Waals surface area contributed by atoms with Crippen LogP contribution in [0.1, 0.15) is 28.7 Å². The molecule has 2 heterocycles. The molecule has 7 nitrogen and oxygen atoms in total. The maximum absolute atomic E-state index is 12.5. The monoisotopic (exact) mass is 322 g/mol. The van der Waals surface area contributed by atoms with Crippen molar-refractivity contribution in [3.8, 4) is 0 Å². The van der Waals surface area contributed by atoms with Gasteiger partial charge in [0.2, 0.25) is 5.78 Å². The van der Waals surface area contributed by atoms with Gasteiger partial charge in [0.1, 0.15) is 0 Å². The van der Waals surface area contributed by atoms with Crippen LogP contribution in [0, 0.1) is 0 Å². The number of aliphatic hydroxyl groups is 1. The number of carbonyl (C=O) groups is 2. The van der Waals surface area contributed by atoms with E-state index in [1.165, 1.54) is 11.3 Å². The highest BCUT2D eigenvalue weighted by Crippen LogP contribution is 2.34. The quantitative estimate of drug-likeness (QED) is 0.664. The van der Waals surface area contributed by atoms with Crippen LogP contribution in [0.4, 0.5) is 9.93 Å². The number of anilines is 1. The maximum Gasteiger partial charge on any atom is 0.328 e. The molecule has 0 spiro atoms. The molecular formula is C14H18N4O3S. The highest BCUT2D eigenvalue weighted by atomic mass is 32.1. The zero-order valence-electron chi connectivity index (χ0n) is 12.6. The van der Waals surface area contributed by atoms with Crippen LogP contribution in [-0.4, -0.2) is 58.6 Å². The minimum Gasteiger partial charge on any atom is -0.515 e. The first-order valence-corrected chi connectivity index (χ1v) is 7.99. The summed E-state index contributed by atoms with van der Waals surface area (Å²) in [6.45, 7) is 3.61. The van der Waals surface area contributed by atoms with E-state index in [2.05, 4.69) is 4.98 Å². The van der Waals surface area contributed by atoms with E-state index in [9.17, 15) is 9.59 Å². The smallest absolute Gasteiger partial charge is 0.328 e. The molecule has 2 aliphatic rings. The number of rotatable bonds is 2. The molecular weight excluding hydrogens is 304 g/mol. The fourth-order valence-electron chi connectivity index (χ4n) is 2.68. The number of allylic oxidation sites excluding steroid dienone is 1. The van der Waals surface area contributed by atoms with Crippen LogP contribution >= 0.6 is 11.3 Å². The topological polar surface area (TPSA) is 77.0 Å². The van der Waals surface area contributed by atoms with E-state index in [1.54, 1.807) is 9.80 Å². The van der Waals surface area contributed by atoms with Gasteiger partial charge in [-0.05, 0) is 26.8 Å². The Balaban J connectivity index is 1.93. The lowest BCUT2D eigenvalue weighted by molar-refractivity contribution is 0.102. The van der Waals surface area contributed by atoms with E-state index in [0.29, 0.717) is 48.3 Å². The Morgan fingerprint density at radius 2 is 2.09 bits per heavy atom. The Hall–Kier alpha value is -1.93. The molecule has 0 atom stereocenters. The van der Waals surface area contributed by atoms with E-state index in [4.69, 9.17) is 5.11 Å². The largest absolute Gasteiger partial charge is 0.515 e. The molecule has 1 aliphatic carbocycles. The molecule has 22 heavy (non-hydrogen) atoms. The first-order valence-electron chi connectivity index (χ1n) is 7.17. The number of aryl methyl sites for hydroxylation is 1. The summed E-state index contributed by atoms with van der Waals surface area (Å²) in [5.41, 5.74) is 1.12. The van der Waals surface area contributed by atoms with Gasteiger partial charge in [0.25, 0.3) is 0 Å². The number of nitrogens with zero attached hydrogens (tertiary/aromatic N) is 4. The zero-order chi connectivity index (χ0) is 15.9. The third kappa shape index (κ3) is 2.38. The van der Waals surface area contributed by atoms with Gasteiger partial charge in [0.05, 0.1) is 30.2 Å². The minimum atomic E-state index is -0.183. The van der Waals surface area contributed by atoms with E-state index < -0.39 is 0 Å². The van der Waals surface area contributed by atoms with Crippen molar-refractivity contribution < 1.29 is 14.7 Å². The second-order valence-corrected chi connectivity index (χ2v) is 6.44. The van der Waals surface area contributed by atoms with Crippen LogP contribution in [0.2, 0.25) is 0 Å². The number of carbonyl (C=O) groups excluding carboxylic acids is 2. The molecule has 8 heteroatoms. The number of amides is 2. The lowest BCUT2D eigenvalue weighted by Gasteiger charge is -2.38. The number of aromatic nitrogens is 1. The Morgan fingerprint density at radius 1 is 1.32 bits per heavy atom. The van der Waals surface area contributed by atoms with Gasteiger partial charge < -0.3 is 10.0 Å². The lowest BCUT2D eigenvalue weighted by Crippen LogP contribution is -2.57. The van der Waals surface area contributed by atoms with Crippen molar-refractivity contribution in [3.63, 3.8) is 0 Å².